The van der Waals surface area contributed by atoms with Crippen molar-refractivity contribution in [3.05, 3.63) is 112 Å². The Balaban J connectivity index is 1.33. The minimum atomic E-state index is -0.538. The molecule has 0 aliphatic carbocycles. The van der Waals surface area contributed by atoms with Crippen molar-refractivity contribution in [1.29, 1.82) is 0 Å². The van der Waals surface area contributed by atoms with Gasteiger partial charge in [-0.15, -0.1) is 0 Å². The molecule has 1 unspecified atom stereocenters. The normalized spacial score (nSPS) is 15.0. The summed E-state index contributed by atoms with van der Waals surface area (Å²) < 4.78 is 13.3. The molecule has 0 fully saturated rings. The van der Waals surface area contributed by atoms with E-state index in [1.54, 1.807) is 4.68 Å². The van der Waals surface area contributed by atoms with Gasteiger partial charge in [0.1, 0.15) is 25.0 Å². The van der Waals surface area contributed by atoms with Crippen LogP contribution < -0.4 is 10.1 Å². The molecular formula is C30H31N5O3. The first kappa shape index (κ1) is 25.2. The maximum Gasteiger partial charge on any atom is 0.338 e. The number of allylic oxidation sites excluding steroid dienone is 1. The fourth-order valence-electron chi connectivity index (χ4n) is 4.40. The van der Waals surface area contributed by atoms with Crippen molar-refractivity contribution in [2.24, 2.45) is 0 Å². The SMILES string of the molecule is CC1=C(C(=O)OCc2ccccc2)C(c2ccc(OCc3ccc(C(C)(C)C)cc3)cc2)n2nnnc2N1. The number of carbonyl (C=O) groups is 1. The molecule has 1 aromatic heterocycles. The largest absolute Gasteiger partial charge is 0.489 e. The Kier molecular flexibility index (Phi) is 6.96. The van der Waals surface area contributed by atoms with Crippen LogP contribution >= 0.6 is 0 Å². The number of anilines is 1. The van der Waals surface area contributed by atoms with E-state index in [1.807, 2.05) is 61.5 Å². The molecule has 1 aliphatic heterocycles. The number of carbonyl (C=O) groups excluding carboxylic acids is 1. The molecule has 1 atom stereocenters. The van der Waals surface area contributed by atoms with Gasteiger partial charge in [-0.2, -0.15) is 4.68 Å². The Labute approximate surface area is 222 Å². The molecular weight excluding hydrogens is 478 g/mol. The van der Waals surface area contributed by atoms with E-state index < -0.39 is 12.0 Å². The molecule has 194 valence electrons. The molecule has 8 heteroatoms. The summed E-state index contributed by atoms with van der Waals surface area (Å²) in [6, 6.07) is 25.2. The lowest BCUT2D eigenvalue weighted by Crippen LogP contribution is -2.29. The molecule has 1 aliphatic rings. The van der Waals surface area contributed by atoms with E-state index in [0.29, 0.717) is 23.8 Å². The molecule has 4 aromatic rings. The van der Waals surface area contributed by atoms with Crippen LogP contribution in [-0.4, -0.2) is 26.2 Å². The quantitative estimate of drug-likeness (QED) is 0.325. The zero-order valence-corrected chi connectivity index (χ0v) is 22.0. The van der Waals surface area contributed by atoms with E-state index in [4.69, 9.17) is 9.47 Å². The van der Waals surface area contributed by atoms with Gasteiger partial charge in [-0.25, -0.2) is 4.79 Å². The molecule has 2 heterocycles. The predicted molar refractivity (Wildman–Crippen MR) is 144 cm³/mol. The van der Waals surface area contributed by atoms with Gasteiger partial charge in [0, 0.05) is 5.70 Å². The Hall–Kier alpha value is -4.46. The van der Waals surface area contributed by atoms with Crippen LogP contribution in [0, 0.1) is 0 Å². The lowest BCUT2D eigenvalue weighted by Gasteiger charge is -2.27. The molecule has 0 bridgehead atoms. The van der Waals surface area contributed by atoms with Crippen LogP contribution in [-0.2, 0) is 28.2 Å². The Morgan fingerprint density at radius 2 is 1.61 bits per heavy atom. The summed E-state index contributed by atoms with van der Waals surface area (Å²) in [4.78, 5) is 13.3. The van der Waals surface area contributed by atoms with Crippen LogP contribution in [0.5, 0.6) is 5.75 Å². The van der Waals surface area contributed by atoms with E-state index in [2.05, 4.69) is 65.9 Å². The second-order valence-corrected chi connectivity index (χ2v) is 10.4. The topological polar surface area (TPSA) is 91.2 Å². The van der Waals surface area contributed by atoms with Gasteiger partial charge < -0.3 is 14.8 Å². The molecule has 3 aromatic carbocycles. The number of esters is 1. The van der Waals surface area contributed by atoms with Crippen LogP contribution in [0.1, 0.15) is 56.0 Å². The Morgan fingerprint density at radius 1 is 0.921 bits per heavy atom. The summed E-state index contributed by atoms with van der Waals surface area (Å²) in [5.74, 6) is 0.767. The third-order valence-electron chi connectivity index (χ3n) is 6.57. The zero-order chi connectivity index (χ0) is 26.7. The molecule has 0 amide bonds. The fraction of sp³-hybridized carbons (Fsp3) is 0.267. The van der Waals surface area contributed by atoms with Crippen LogP contribution in [0.15, 0.2) is 90.1 Å². The molecule has 1 N–H and O–H groups in total. The maximum absolute atomic E-state index is 13.3. The monoisotopic (exact) mass is 509 g/mol. The van der Waals surface area contributed by atoms with Crippen LogP contribution in [0.2, 0.25) is 0 Å². The second-order valence-electron chi connectivity index (χ2n) is 10.4. The van der Waals surface area contributed by atoms with Crippen LogP contribution in [0.4, 0.5) is 5.95 Å². The van der Waals surface area contributed by atoms with Crippen molar-refractivity contribution in [3.8, 4) is 5.75 Å². The molecule has 38 heavy (non-hydrogen) atoms. The van der Waals surface area contributed by atoms with E-state index in [0.717, 1.165) is 22.4 Å². The molecule has 0 saturated heterocycles. The van der Waals surface area contributed by atoms with Crippen molar-refractivity contribution in [1.82, 2.24) is 20.2 Å². The minimum Gasteiger partial charge on any atom is -0.489 e. The first-order valence-corrected chi connectivity index (χ1v) is 12.6. The van der Waals surface area contributed by atoms with Gasteiger partial charge in [-0.3, -0.25) is 0 Å². The highest BCUT2D eigenvalue weighted by Gasteiger charge is 2.35. The van der Waals surface area contributed by atoms with Gasteiger partial charge >= 0.3 is 5.97 Å². The number of ether oxygens (including phenoxy) is 2. The van der Waals surface area contributed by atoms with Crippen molar-refractivity contribution in [2.45, 2.75) is 52.4 Å². The lowest BCUT2D eigenvalue weighted by atomic mass is 9.87. The highest BCUT2D eigenvalue weighted by atomic mass is 16.5. The smallest absolute Gasteiger partial charge is 0.338 e. The molecule has 0 saturated carbocycles. The number of tetrazole rings is 1. The number of benzene rings is 3. The summed E-state index contributed by atoms with van der Waals surface area (Å²) in [5, 5.41) is 15.1. The van der Waals surface area contributed by atoms with Gasteiger partial charge in [-0.05, 0) is 57.2 Å². The first-order valence-electron chi connectivity index (χ1n) is 12.6. The highest BCUT2D eigenvalue weighted by molar-refractivity contribution is 5.92. The third kappa shape index (κ3) is 5.44. The first-order chi connectivity index (χ1) is 18.3. The van der Waals surface area contributed by atoms with Crippen molar-refractivity contribution in [2.75, 3.05) is 5.32 Å². The van der Waals surface area contributed by atoms with Gasteiger partial charge in [-0.1, -0.05) is 92.6 Å². The van der Waals surface area contributed by atoms with Crippen LogP contribution in [0.3, 0.4) is 0 Å². The zero-order valence-electron chi connectivity index (χ0n) is 22.0. The number of rotatable bonds is 7. The van der Waals surface area contributed by atoms with E-state index in [9.17, 15) is 4.79 Å². The summed E-state index contributed by atoms with van der Waals surface area (Å²) in [6.45, 7) is 9.07. The van der Waals surface area contributed by atoms with E-state index in [-0.39, 0.29) is 12.0 Å². The summed E-state index contributed by atoms with van der Waals surface area (Å²) in [7, 11) is 0. The van der Waals surface area contributed by atoms with Gasteiger partial charge in [0.25, 0.3) is 0 Å². The fourth-order valence-corrected chi connectivity index (χ4v) is 4.40. The summed E-state index contributed by atoms with van der Waals surface area (Å²) in [6.07, 6.45) is 0. The van der Waals surface area contributed by atoms with Crippen molar-refractivity contribution in [3.63, 3.8) is 0 Å². The Bertz CT molecular complexity index is 1440. The molecule has 0 radical (unpaired) electrons. The number of hydrogen-bond acceptors (Lipinski definition) is 7. The average molecular weight is 510 g/mol. The van der Waals surface area contributed by atoms with Gasteiger partial charge in [0.2, 0.25) is 5.95 Å². The second kappa shape index (κ2) is 10.5. The maximum atomic E-state index is 13.3. The van der Waals surface area contributed by atoms with Crippen molar-refractivity contribution < 1.29 is 14.3 Å². The number of nitrogens with zero attached hydrogens (tertiary/aromatic N) is 4. The van der Waals surface area contributed by atoms with Gasteiger partial charge in [0.05, 0.1) is 5.57 Å². The van der Waals surface area contributed by atoms with Gasteiger partial charge in [0.15, 0.2) is 0 Å². The minimum absolute atomic E-state index is 0.114. The number of aromatic nitrogens is 4. The van der Waals surface area contributed by atoms with E-state index >= 15 is 0 Å². The highest BCUT2D eigenvalue weighted by Crippen LogP contribution is 2.35. The molecule has 8 nitrogen and oxygen atoms in total. The lowest BCUT2D eigenvalue weighted by molar-refractivity contribution is -0.140. The van der Waals surface area contributed by atoms with Crippen molar-refractivity contribution >= 4 is 11.9 Å². The summed E-state index contributed by atoms with van der Waals surface area (Å²) in [5.41, 5.74) is 5.35. The molecule has 0 spiro atoms. The number of hydrogen-bond donors (Lipinski definition) is 1. The standard InChI is InChI=1S/C30H31N5O3/c1-20-26(28(36)38-19-21-8-6-5-7-9-21)27(35-29(31-20)32-33-34-35)23-12-16-25(17-13-23)37-18-22-10-14-24(15-11-22)30(2,3)4/h5-17,27H,18-19H2,1-4H3,(H,31,32,34). The Morgan fingerprint density at radius 3 is 2.29 bits per heavy atom. The third-order valence-corrected chi connectivity index (χ3v) is 6.57. The number of nitrogens with one attached hydrogen (secondary N) is 1. The van der Waals surface area contributed by atoms with Crippen LogP contribution in [0.25, 0.3) is 0 Å². The molecule has 5 rings (SSSR count). The van der Waals surface area contributed by atoms with E-state index in [1.165, 1.54) is 5.56 Å². The summed E-state index contributed by atoms with van der Waals surface area (Å²) >= 11 is 0. The predicted octanol–water partition coefficient (Wildman–Crippen LogP) is 5.58. The number of fused-ring (bicyclic) bond motifs is 1. The average Bonchev–Trinajstić information content (AvgIpc) is 3.38.